The molecule has 0 N–H and O–H groups in total. The maximum absolute atomic E-state index is 12.7. The molecular formula is C81H49N9. The monoisotopic (exact) mass is 1150 g/mol. The molecule has 0 saturated carbocycles. The maximum atomic E-state index is 12.7. The van der Waals surface area contributed by atoms with Crippen LogP contribution >= 0.6 is 0 Å². The Morgan fingerprint density at radius 2 is 0.656 bits per heavy atom. The fraction of sp³-hybridized carbons (Fsp3) is 0. The van der Waals surface area contributed by atoms with Gasteiger partial charge in [-0.3, -0.25) is 17.9 Å². The van der Waals surface area contributed by atoms with Gasteiger partial charge in [0.1, 0.15) is 6.07 Å². The number of rotatable bonds is 8. The molecule has 0 bridgehead atoms. The SMILES string of the molecule is N#Cc1c(-c2ccc3nc4n(-c5ccccc5)c5ccc(-c6ccccc6)cc5n4c3c2)c(-n2c3ccccc3c3ccccc32)cc(-c2ccc3nc4n(-c5ccccc5)c5ccc(-c6ccccc6)cc5n4c3c2)c1-n1c2ccccc2c2ccccc21. The summed E-state index contributed by atoms with van der Waals surface area (Å²) in [4.78, 5) is 11.0. The summed E-state index contributed by atoms with van der Waals surface area (Å²) < 4.78 is 13.9. The van der Waals surface area contributed by atoms with E-state index in [-0.39, 0.29) is 0 Å². The fourth-order valence-electron chi connectivity index (χ4n) is 14.5. The van der Waals surface area contributed by atoms with Gasteiger partial charge in [0.05, 0.1) is 83.1 Å². The molecule has 9 nitrogen and oxygen atoms in total. The van der Waals surface area contributed by atoms with Crippen LogP contribution in [0.25, 0.3) is 167 Å². The number of fused-ring (bicyclic) bond motifs is 16. The second kappa shape index (κ2) is 19.2. The van der Waals surface area contributed by atoms with Gasteiger partial charge in [0.15, 0.2) is 0 Å². The van der Waals surface area contributed by atoms with Gasteiger partial charge in [0.2, 0.25) is 11.6 Å². The van der Waals surface area contributed by atoms with Crippen molar-refractivity contribution in [2.75, 3.05) is 0 Å². The predicted molar refractivity (Wildman–Crippen MR) is 368 cm³/mol. The van der Waals surface area contributed by atoms with Crippen molar-refractivity contribution < 1.29 is 0 Å². The van der Waals surface area contributed by atoms with E-state index in [4.69, 9.17) is 9.97 Å². The molecule has 0 aliphatic heterocycles. The first-order chi connectivity index (χ1) is 44.6. The molecule has 0 saturated heterocycles. The highest BCUT2D eigenvalue weighted by molar-refractivity contribution is 6.13. The summed E-state index contributed by atoms with van der Waals surface area (Å²) >= 11 is 0. The minimum atomic E-state index is 0.528. The molecule has 0 aliphatic rings. The zero-order valence-electron chi connectivity index (χ0n) is 48.3. The molecular weight excluding hydrogens is 1100 g/mol. The molecule has 6 heterocycles. The van der Waals surface area contributed by atoms with E-state index >= 15 is 0 Å². The number of nitrogens with zero attached hydrogens (tertiary/aromatic N) is 9. The standard InChI is InChI=1S/C81H49N9/c82-50-64-78(56-38-42-66-74(48-56)90-76-46-54(52-23-7-2-8-24-52)40-44-72(76)86(81(90)84-66)58-27-11-4-12-28-58)77(87-67-33-17-13-29-59(67)60-30-14-18-34-68(60)87)49-63(79(64)88-69-35-19-15-31-61(69)62-32-16-20-36-70(62)88)55-37-41-65-73(47-55)89-75-45-53(51-21-5-1-6-22-51)39-43-71(75)85(80(89)83-65)57-25-9-3-10-26-57/h1-49H. The van der Waals surface area contributed by atoms with Crippen LogP contribution in [0.5, 0.6) is 0 Å². The lowest BCUT2D eigenvalue weighted by molar-refractivity contribution is 1.11. The third-order valence-corrected chi connectivity index (χ3v) is 18.4. The van der Waals surface area contributed by atoms with Crippen LogP contribution in [0.4, 0.5) is 0 Å². The molecule has 418 valence electrons. The second-order valence-electron chi connectivity index (χ2n) is 23.3. The Labute approximate surface area is 514 Å². The number of benzene rings is 13. The first-order valence-corrected chi connectivity index (χ1v) is 30.4. The van der Waals surface area contributed by atoms with Crippen molar-refractivity contribution in [1.82, 2.24) is 37.0 Å². The third-order valence-electron chi connectivity index (χ3n) is 18.4. The molecule has 0 unspecified atom stereocenters. The molecule has 13 aromatic carbocycles. The van der Waals surface area contributed by atoms with Gasteiger partial charge in [-0.25, -0.2) is 9.97 Å². The molecule has 0 aliphatic carbocycles. The van der Waals surface area contributed by atoms with Crippen molar-refractivity contribution in [3.8, 4) is 73.3 Å². The lowest BCUT2D eigenvalue weighted by atomic mass is 9.90. The van der Waals surface area contributed by atoms with Crippen molar-refractivity contribution in [2.45, 2.75) is 0 Å². The van der Waals surface area contributed by atoms with Crippen molar-refractivity contribution in [3.63, 3.8) is 0 Å². The number of hydrogen-bond acceptors (Lipinski definition) is 3. The first-order valence-electron chi connectivity index (χ1n) is 30.4. The summed E-state index contributed by atoms with van der Waals surface area (Å²) in [6.07, 6.45) is 0. The van der Waals surface area contributed by atoms with E-state index in [2.05, 4.69) is 330 Å². The molecule has 90 heavy (non-hydrogen) atoms. The summed E-state index contributed by atoms with van der Waals surface area (Å²) in [5, 5.41) is 17.1. The number of imidazole rings is 4. The predicted octanol–water partition coefficient (Wildman–Crippen LogP) is 19.9. The summed E-state index contributed by atoms with van der Waals surface area (Å²) in [5.41, 5.74) is 23.9. The van der Waals surface area contributed by atoms with Crippen LogP contribution in [0.15, 0.2) is 297 Å². The average Bonchev–Trinajstić information content (AvgIpc) is 1.51. The van der Waals surface area contributed by atoms with Crippen LogP contribution in [0.2, 0.25) is 0 Å². The molecule has 19 aromatic rings. The first kappa shape index (κ1) is 49.7. The Morgan fingerprint density at radius 1 is 0.278 bits per heavy atom. The lowest BCUT2D eigenvalue weighted by Crippen LogP contribution is -2.07. The molecule has 0 atom stereocenters. The van der Waals surface area contributed by atoms with Gasteiger partial charge in [-0.2, -0.15) is 5.26 Å². The summed E-state index contributed by atoms with van der Waals surface area (Å²) in [6, 6.07) is 109. The lowest BCUT2D eigenvalue weighted by Gasteiger charge is -2.23. The minimum absolute atomic E-state index is 0.528. The van der Waals surface area contributed by atoms with E-state index in [0.29, 0.717) is 5.56 Å². The summed E-state index contributed by atoms with van der Waals surface area (Å²) in [5.74, 6) is 1.60. The maximum Gasteiger partial charge on any atom is 0.220 e. The molecule has 0 radical (unpaired) electrons. The fourth-order valence-corrected chi connectivity index (χ4v) is 14.5. The van der Waals surface area contributed by atoms with Crippen LogP contribution < -0.4 is 0 Å². The highest BCUT2D eigenvalue weighted by Gasteiger charge is 2.29. The summed E-state index contributed by atoms with van der Waals surface area (Å²) in [6.45, 7) is 0. The third kappa shape index (κ3) is 7.18. The van der Waals surface area contributed by atoms with E-state index in [1.54, 1.807) is 0 Å². The van der Waals surface area contributed by atoms with Crippen molar-refractivity contribution in [2.24, 2.45) is 0 Å². The van der Waals surface area contributed by atoms with Gasteiger partial charge in [0, 0.05) is 44.0 Å². The van der Waals surface area contributed by atoms with Crippen LogP contribution in [-0.4, -0.2) is 37.0 Å². The van der Waals surface area contributed by atoms with Gasteiger partial charge in [-0.15, -0.1) is 0 Å². The quantitative estimate of drug-likeness (QED) is 0.152. The molecule has 6 aromatic heterocycles. The zero-order chi connectivity index (χ0) is 59.1. The Bertz CT molecular complexity index is 6100. The Kier molecular flexibility index (Phi) is 10.6. The van der Waals surface area contributed by atoms with E-state index in [1.807, 2.05) is 0 Å². The van der Waals surface area contributed by atoms with Crippen molar-refractivity contribution in [3.05, 3.63) is 303 Å². The minimum Gasteiger partial charge on any atom is -0.309 e. The van der Waals surface area contributed by atoms with E-state index in [9.17, 15) is 5.26 Å². The van der Waals surface area contributed by atoms with Gasteiger partial charge in [0.25, 0.3) is 0 Å². The number of hydrogen-bond donors (Lipinski definition) is 0. The Hall–Kier alpha value is -12.5. The van der Waals surface area contributed by atoms with E-state index in [1.165, 1.54) is 0 Å². The number of aromatic nitrogens is 8. The highest BCUT2D eigenvalue weighted by Crippen LogP contribution is 2.48. The largest absolute Gasteiger partial charge is 0.309 e. The van der Waals surface area contributed by atoms with Gasteiger partial charge < -0.3 is 9.13 Å². The van der Waals surface area contributed by atoms with Crippen LogP contribution in [0, 0.1) is 11.3 Å². The normalized spacial score (nSPS) is 12.0. The van der Waals surface area contributed by atoms with Crippen LogP contribution in [-0.2, 0) is 0 Å². The van der Waals surface area contributed by atoms with Gasteiger partial charge in [-0.1, -0.05) is 194 Å². The van der Waals surface area contributed by atoms with Crippen molar-refractivity contribution >= 4 is 99.3 Å². The second-order valence-corrected chi connectivity index (χ2v) is 23.3. The average molecular weight is 1150 g/mol. The molecule has 9 heteroatoms. The zero-order valence-corrected chi connectivity index (χ0v) is 48.3. The number of nitriles is 1. The smallest absolute Gasteiger partial charge is 0.220 e. The Balaban J connectivity index is 0.961. The Morgan fingerprint density at radius 3 is 1.11 bits per heavy atom. The highest BCUT2D eigenvalue weighted by atomic mass is 15.2. The van der Waals surface area contributed by atoms with Gasteiger partial charge in [-0.05, 0) is 137 Å². The van der Waals surface area contributed by atoms with Gasteiger partial charge >= 0.3 is 0 Å². The van der Waals surface area contributed by atoms with Crippen molar-refractivity contribution in [1.29, 1.82) is 5.26 Å². The molecule has 0 spiro atoms. The summed E-state index contributed by atoms with van der Waals surface area (Å²) in [7, 11) is 0. The van der Waals surface area contributed by atoms with E-state index < -0.39 is 0 Å². The molecule has 19 rings (SSSR count). The van der Waals surface area contributed by atoms with E-state index in [0.717, 1.165) is 167 Å². The molecule has 0 fully saturated rings. The number of para-hydroxylation sites is 6. The van der Waals surface area contributed by atoms with Crippen LogP contribution in [0.3, 0.4) is 0 Å². The topological polar surface area (TPSA) is 78.1 Å². The van der Waals surface area contributed by atoms with Crippen LogP contribution in [0.1, 0.15) is 5.56 Å². The molecule has 0 amide bonds.